The summed E-state index contributed by atoms with van der Waals surface area (Å²) in [6.07, 6.45) is 3.13. The van der Waals surface area contributed by atoms with Gasteiger partial charge in [0.2, 0.25) is 0 Å². The summed E-state index contributed by atoms with van der Waals surface area (Å²) < 4.78 is 5.78. The first-order chi connectivity index (χ1) is 11.2. The Hall–Kier alpha value is -1.59. The van der Waals surface area contributed by atoms with Crippen LogP contribution in [0.4, 0.5) is 0 Å². The van der Waals surface area contributed by atoms with Crippen molar-refractivity contribution in [1.29, 1.82) is 0 Å². The first-order valence-corrected chi connectivity index (χ1v) is 8.56. The first-order valence-electron chi connectivity index (χ1n) is 8.56. The average Bonchev–Trinajstić information content (AvgIpc) is 3.25. The second-order valence-electron chi connectivity index (χ2n) is 6.54. The Bertz CT molecular complexity index is 543. The topological polar surface area (TPSA) is 53.0 Å². The van der Waals surface area contributed by atoms with Crippen molar-refractivity contribution in [3.05, 3.63) is 29.8 Å². The van der Waals surface area contributed by atoms with Crippen LogP contribution in [0.3, 0.4) is 0 Å². The third-order valence-corrected chi connectivity index (χ3v) is 4.87. The van der Waals surface area contributed by atoms with Gasteiger partial charge in [0.15, 0.2) is 6.10 Å². The molecule has 126 valence electrons. The van der Waals surface area contributed by atoms with Gasteiger partial charge in [-0.3, -0.25) is 9.69 Å². The lowest BCUT2D eigenvalue weighted by Crippen LogP contribution is -2.41. The van der Waals surface area contributed by atoms with Gasteiger partial charge in [0.1, 0.15) is 5.75 Å². The normalized spacial score (nSPS) is 23.2. The minimum absolute atomic E-state index is 0.0246. The highest BCUT2D eigenvalue weighted by atomic mass is 16.5. The standard InChI is InChI=1S/C18H26N2O3/c1-14(23-17-6-4-5-15(11-17)13-21)18(22)20-10-7-16(12-20)19-8-2-3-9-19/h4-6,11,14,16,21H,2-3,7-10,12-13H2,1H3. The number of amides is 1. The summed E-state index contributed by atoms with van der Waals surface area (Å²) in [5, 5.41) is 9.18. The van der Waals surface area contributed by atoms with Crippen LogP contribution in [0, 0.1) is 0 Å². The fraction of sp³-hybridized carbons (Fsp3) is 0.611. The van der Waals surface area contributed by atoms with Crippen LogP contribution >= 0.6 is 0 Å². The van der Waals surface area contributed by atoms with Gasteiger partial charge >= 0.3 is 0 Å². The summed E-state index contributed by atoms with van der Waals surface area (Å²) in [5.41, 5.74) is 0.789. The minimum atomic E-state index is -0.499. The SMILES string of the molecule is CC(Oc1cccc(CO)c1)C(=O)N1CCC(N2CCCC2)C1. The van der Waals surface area contributed by atoms with Gasteiger partial charge in [-0.05, 0) is 57.0 Å². The average molecular weight is 318 g/mol. The lowest BCUT2D eigenvalue weighted by atomic mass is 10.2. The Morgan fingerprint density at radius 2 is 2.13 bits per heavy atom. The molecule has 1 aromatic carbocycles. The molecule has 1 amide bonds. The van der Waals surface area contributed by atoms with Gasteiger partial charge in [-0.25, -0.2) is 0 Å². The fourth-order valence-corrected chi connectivity index (χ4v) is 3.58. The number of carbonyl (C=O) groups excluding carboxylic acids is 1. The van der Waals surface area contributed by atoms with Crippen molar-refractivity contribution in [3.8, 4) is 5.75 Å². The quantitative estimate of drug-likeness (QED) is 0.897. The molecule has 2 atom stereocenters. The molecule has 5 heteroatoms. The number of hydrogen-bond acceptors (Lipinski definition) is 4. The molecule has 2 fully saturated rings. The first kappa shape index (κ1) is 16.3. The second-order valence-corrected chi connectivity index (χ2v) is 6.54. The molecule has 0 saturated carbocycles. The van der Waals surface area contributed by atoms with E-state index >= 15 is 0 Å². The maximum Gasteiger partial charge on any atom is 0.263 e. The maximum atomic E-state index is 12.6. The number of aliphatic hydroxyl groups excluding tert-OH is 1. The molecule has 0 radical (unpaired) electrons. The number of aliphatic hydroxyl groups is 1. The van der Waals surface area contributed by atoms with E-state index in [0.717, 1.165) is 25.1 Å². The Balaban J connectivity index is 1.55. The molecule has 0 spiro atoms. The van der Waals surface area contributed by atoms with Crippen LogP contribution in [0.1, 0.15) is 31.7 Å². The predicted molar refractivity (Wildman–Crippen MR) is 88.2 cm³/mol. The molecule has 2 saturated heterocycles. The molecule has 5 nitrogen and oxygen atoms in total. The summed E-state index contributed by atoms with van der Waals surface area (Å²) in [7, 11) is 0. The Labute approximate surface area is 137 Å². The van der Waals surface area contributed by atoms with Crippen molar-refractivity contribution in [2.75, 3.05) is 26.2 Å². The van der Waals surface area contributed by atoms with E-state index < -0.39 is 6.10 Å². The van der Waals surface area contributed by atoms with Gasteiger partial charge in [-0.2, -0.15) is 0 Å². The molecule has 2 aliphatic rings. The molecule has 0 bridgehead atoms. The van der Waals surface area contributed by atoms with Crippen LogP contribution in [0.5, 0.6) is 5.75 Å². The largest absolute Gasteiger partial charge is 0.481 e. The number of ether oxygens (including phenoxy) is 1. The van der Waals surface area contributed by atoms with Crippen LogP contribution in [0.15, 0.2) is 24.3 Å². The van der Waals surface area contributed by atoms with Crippen molar-refractivity contribution in [3.63, 3.8) is 0 Å². The number of carbonyl (C=O) groups is 1. The zero-order valence-electron chi connectivity index (χ0n) is 13.8. The van der Waals surface area contributed by atoms with Gasteiger partial charge in [0.05, 0.1) is 6.61 Å². The number of likely N-dealkylation sites (tertiary alicyclic amines) is 2. The van der Waals surface area contributed by atoms with Gasteiger partial charge in [-0.15, -0.1) is 0 Å². The fourth-order valence-electron chi connectivity index (χ4n) is 3.58. The van der Waals surface area contributed by atoms with Crippen molar-refractivity contribution < 1.29 is 14.6 Å². The van der Waals surface area contributed by atoms with Crippen molar-refractivity contribution in [1.82, 2.24) is 9.80 Å². The lowest BCUT2D eigenvalue weighted by molar-refractivity contribution is -0.137. The van der Waals surface area contributed by atoms with E-state index in [9.17, 15) is 9.90 Å². The molecule has 2 unspecified atom stereocenters. The van der Waals surface area contributed by atoms with E-state index in [-0.39, 0.29) is 12.5 Å². The van der Waals surface area contributed by atoms with Gasteiger partial charge in [0, 0.05) is 19.1 Å². The van der Waals surface area contributed by atoms with Gasteiger partial charge in [-0.1, -0.05) is 12.1 Å². The highest BCUT2D eigenvalue weighted by Gasteiger charge is 2.33. The summed E-state index contributed by atoms with van der Waals surface area (Å²) >= 11 is 0. The highest BCUT2D eigenvalue weighted by Crippen LogP contribution is 2.22. The lowest BCUT2D eigenvalue weighted by Gasteiger charge is -2.25. The molecule has 2 aliphatic heterocycles. The van der Waals surface area contributed by atoms with Crippen molar-refractivity contribution in [2.45, 2.75) is 44.9 Å². The summed E-state index contributed by atoms with van der Waals surface area (Å²) in [6.45, 7) is 5.77. The smallest absolute Gasteiger partial charge is 0.263 e. The summed E-state index contributed by atoms with van der Waals surface area (Å²) in [6, 6.07) is 7.78. The molecule has 0 aromatic heterocycles. The van der Waals surface area contributed by atoms with E-state index in [1.54, 1.807) is 13.0 Å². The van der Waals surface area contributed by atoms with E-state index in [1.165, 1.54) is 25.9 Å². The monoisotopic (exact) mass is 318 g/mol. The van der Waals surface area contributed by atoms with Crippen LogP contribution in [0.25, 0.3) is 0 Å². The molecule has 3 rings (SSSR count). The second kappa shape index (κ2) is 7.32. The zero-order chi connectivity index (χ0) is 16.2. The van der Waals surface area contributed by atoms with E-state index in [2.05, 4.69) is 4.90 Å². The highest BCUT2D eigenvalue weighted by molar-refractivity contribution is 5.81. The molecule has 1 aromatic rings. The molecular weight excluding hydrogens is 292 g/mol. The minimum Gasteiger partial charge on any atom is -0.481 e. The molecule has 23 heavy (non-hydrogen) atoms. The number of benzene rings is 1. The Kier molecular flexibility index (Phi) is 5.18. The summed E-state index contributed by atoms with van der Waals surface area (Å²) in [4.78, 5) is 17.0. The number of hydrogen-bond donors (Lipinski definition) is 1. The molecule has 2 heterocycles. The third-order valence-electron chi connectivity index (χ3n) is 4.87. The maximum absolute atomic E-state index is 12.6. The molecule has 0 aliphatic carbocycles. The Morgan fingerprint density at radius 1 is 1.35 bits per heavy atom. The Morgan fingerprint density at radius 3 is 2.87 bits per heavy atom. The van der Waals surface area contributed by atoms with Crippen molar-refractivity contribution in [2.24, 2.45) is 0 Å². The number of nitrogens with zero attached hydrogens (tertiary/aromatic N) is 2. The van der Waals surface area contributed by atoms with E-state index in [4.69, 9.17) is 4.74 Å². The third kappa shape index (κ3) is 3.85. The zero-order valence-corrected chi connectivity index (χ0v) is 13.8. The van der Waals surface area contributed by atoms with Crippen LogP contribution < -0.4 is 4.74 Å². The van der Waals surface area contributed by atoms with Gasteiger partial charge in [0.25, 0.3) is 5.91 Å². The van der Waals surface area contributed by atoms with E-state index in [0.29, 0.717) is 11.8 Å². The van der Waals surface area contributed by atoms with Crippen LogP contribution in [-0.2, 0) is 11.4 Å². The predicted octanol–water partition coefficient (Wildman–Crippen LogP) is 1.64. The summed E-state index contributed by atoms with van der Waals surface area (Å²) in [5.74, 6) is 0.689. The van der Waals surface area contributed by atoms with E-state index in [1.807, 2.05) is 23.1 Å². The van der Waals surface area contributed by atoms with Crippen LogP contribution in [0.2, 0.25) is 0 Å². The van der Waals surface area contributed by atoms with Crippen molar-refractivity contribution >= 4 is 5.91 Å². The molecule has 1 N–H and O–H groups in total. The van der Waals surface area contributed by atoms with Gasteiger partial charge < -0.3 is 14.7 Å². The number of rotatable bonds is 5. The molecular formula is C18H26N2O3. The van der Waals surface area contributed by atoms with Crippen LogP contribution in [-0.4, -0.2) is 59.1 Å².